The fourth-order valence-electron chi connectivity index (χ4n) is 1.27. The van der Waals surface area contributed by atoms with Crippen LogP contribution in [-0.4, -0.2) is 18.7 Å². The Bertz CT molecular complexity index is 421. The summed E-state index contributed by atoms with van der Waals surface area (Å²) in [5, 5.41) is -0.173. The molecular formula is C9H12N2O2S. The number of rotatable bonds is 3. The molecule has 1 saturated carbocycles. The van der Waals surface area contributed by atoms with E-state index in [9.17, 15) is 8.42 Å². The maximum absolute atomic E-state index is 11.7. The van der Waals surface area contributed by atoms with Crippen LogP contribution >= 0.6 is 0 Å². The minimum Gasteiger partial charge on any atom is -0.325 e. The Kier molecular flexibility index (Phi) is 2.28. The zero-order valence-corrected chi connectivity index (χ0v) is 8.50. The Morgan fingerprint density at radius 1 is 1.43 bits per heavy atom. The van der Waals surface area contributed by atoms with Crippen LogP contribution in [0.25, 0.3) is 0 Å². The van der Waals surface area contributed by atoms with Crippen molar-refractivity contribution in [1.82, 2.24) is 4.98 Å². The number of sulfone groups is 1. The molecular weight excluding hydrogens is 200 g/mol. The lowest BCUT2D eigenvalue weighted by Crippen LogP contribution is -2.08. The van der Waals surface area contributed by atoms with E-state index >= 15 is 0 Å². The van der Waals surface area contributed by atoms with E-state index in [1.807, 2.05) is 0 Å². The predicted octanol–water partition coefficient (Wildman–Crippen LogP) is 0.476. The van der Waals surface area contributed by atoms with Crippen LogP contribution < -0.4 is 5.73 Å². The van der Waals surface area contributed by atoms with Gasteiger partial charge in [0, 0.05) is 12.7 Å². The van der Waals surface area contributed by atoms with Crippen molar-refractivity contribution in [3.63, 3.8) is 0 Å². The number of aromatic nitrogens is 1. The van der Waals surface area contributed by atoms with Crippen LogP contribution in [0.2, 0.25) is 0 Å². The second-order valence-corrected chi connectivity index (χ2v) is 5.66. The molecule has 0 unspecified atom stereocenters. The highest BCUT2D eigenvalue weighted by Gasteiger charge is 2.36. The van der Waals surface area contributed by atoms with Crippen molar-refractivity contribution in [3.8, 4) is 0 Å². The number of pyridine rings is 1. The van der Waals surface area contributed by atoms with Crippen LogP contribution in [0.1, 0.15) is 18.5 Å². The molecule has 14 heavy (non-hydrogen) atoms. The van der Waals surface area contributed by atoms with Gasteiger partial charge in [0.1, 0.15) is 0 Å². The monoisotopic (exact) mass is 212 g/mol. The Hall–Kier alpha value is -0.940. The molecule has 0 aromatic carbocycles. The maximum atomic E-state index is 11.7. The molecule has 0 atom stereocenters. The second-order valence-electron chi connectivity index (χ2n) is 3.43. The van der Waals surface area contributed by atoms with Crippen LogP contribution in [0.15, 0.2) is 23.2 Å². The molecule has 0 spiro atoms. The lowest BCUT2D eigenvalue weighted by atomic mass is 10.4. The first kappa shape index (κ1) is 9.61. The van der Waals surface area contributed by atoms with E-state index in [2.05, 4.69) is 4.98 Å². The minimum atomic E-state index is -3.09. The van der Waals surface area contributed by atoms with Crippen LogP contribution in [-0.2, 0) is 16.4 Å². The van der Waals surface area contributed by atoms with Gasteiger partial charge in [-0.3, -0.25) is 4.98 Å². The summed E-state index contributed by atoms with van der Waals surface area (Å²) in [7, 11) is -3.09. The second kappa shape index (κ2) is 3.33. The molecule has 1 aliphatic carbocycles. The highest BCUT2D eigenvalue weighted by molar-refractivity contribution is 7.92. The van der Waals surface area contributed by atoms with Crippen molar-refractivity contribution >= 4 is 9.84 Å². The molecule has 1 fully saturated rings. The number of nitrogens with zero attached hydrogens (tertiary/aromatic N) is 1. The molecule has 4 nitrogen and oxygen atoms in total. The molecule has 0 aliphatic heterocycles. The van der Waals surface area contributed by atoms with E-state index < -0.39 is 9.84 Å². The van der Waals surface area contributed by atoms with Crippen molar-refractivity contribution in [3.05, 3.63) is 24.0 Å². The summed E-state index contributed by atoms with van der Waals surface area (Å²) >= 11 is 0. The third-order valence-corrected chi connectivity index (χ3v) is 4.55. The Morgan fingerprint density at radius 2 is 2.14 bits per heavy atom. The molecule has 0 bridgehead atoms. The highest BCUT2D eigenvalue weighted by atomic mass is 32.2. The summed E-state index contributed by atoms with van der Waals surface area (Å²) in [6, 6.07) is 3.25. The van der Waals surface area contributed by atoms with Gasteiger partial charge >= 0.3 is 0 Å². The van der Waals surface area contributed by atoms with E-state index in [-0.39, 0.29) is 5.25 Å². The molecule has 0 amide bonds. The van der Waals surface area contributed by atoms with Crippen molar-refractivity contribution < 1.29 is 8.42 Å². The third-order valence-electron chi connectivity index (χ3n) is 2.30. The van der Waals surface area contributed by atoms with Crippen LogP contribution in [0, 0.1) is 0 Å². The summed E-state index contributed by atoms with van der Waals surface area (Å²) in [6.45, 7) is 0.337. The Morgan fingerprint density at radius 3 is 2.57 bits per heavy atom. The molecule has 1 aromatic heterocycles. The van der Waals surface area contributed by atoms with E-state index in [0.29, 0.717) is 17.1 Å². The zero-order chi connectivity index (χ0) is 10.2. The summed E-state index contributed by atoms with van der Waals surface area (Å²) in [5.41, 5.74) is 6.08. The van der Waals surface area contributed by atoms with Gasteiger partial charge in [0.2, 0.25) is 0 Å². The van der Waals surface area contributed by atoms with Crippen molar-refractivity contribution in [2.45, 2.75) is 29.5 Å². The SMILES string of the molecule is NCc1ccc(S(=O)(=O)C2CC2)cn1. The van der Waals surface area contributed by atoms with E-state index in [1.54, 1.807) is 12.1 Å². The number of hydrogen-bond acceptors (Lipinski definition) is 4. The summed E-state index contributed by atoms with van der Waals surface area (Å²) < 4.78 is 23.4. The fraction of sp³-hybridized carbons (Fsp3) is 0.444. The molecule has 76 valence electrons. The largest absolute Gasteiger partial charge is 0.325 e. The summed E-state index contributed by atoms with van der Waals surface area (Å²) in [6.07, 6.45) is 2.96. The summed E-state index contributed by atoms with van der Waals surface area (Å²) in [5.74, 6) is 0. The standard InChI is InChI=1S/C9H12N2O2S/c10-5-7-1-2-9(6-11-7)14(12,13)8-3-4-8/h1-2,6,8H,3-5,10H2. The van der Waals surface area contributed by atoms with Gasteiger partial charge in [-0.1, -0.05) is 0 Å². The maximum Gasteiger partial charge on any atom is 0.182 e. The van der Waals surface area contributed by atoms with Crippen LogP contribution in [0.5, 0.6) is 0 Å². The first-order valence-corrected chi connectivity index (χ1v) is 6.08. The summed E-state index contributed by atoms with van der Waals surface area (Å²) in [4.78, 5) is 4.29. The normalized spacial score (nSPS) is 16.9. The lowest BCUT2D eigenvalue weighted by molar-refractivity contribution is 0.594. The molecule has 2 N–H and O–H groups in total. The Labute approximate surface area is 83.1 Å². The van der Waals surface area contributed by atoms with Gasteiger partial charge < -0.3 is 5.73 Å². The molecule has 1 aromatic rings. The van der Waals surface area contributed by atoms with Crippen molar-refractivity contribution in [2.75, 3.05) is 0 Å². The first-order chi connectivity index (χ1) is 6.64. The topological polar surface area (TPSA) is 73.1 Å². The highest BCUT2D eigenvalue weighted by Crippen LogP contribution is 2.33. The van der Waals surface area contributed by atoms with Gasteiger partial charge in [-0.2, -0.15) is 0 Å². The molecule has 1 heterocycles. The molecule has 0 saturated heterocycles. The average molecular weight is 212 g/mol. The van der Waals surface area contributed by atoms with Gasteiger partial charge in [0.15, 0.2) is 9.84 Å². The van der Waals surface area contributed by atoms with Crippen LogP contribution in [0.3, 0.4) is 0 Å². The number of hydrogen-bond donors (Lipinski definition) is 1. The molecule has 5 heteroatoms. The first-order valence-electron chi connectivity index (χ1n) is 4.53. The van der Waals surface area contributed by atoms with Crippen molar-refractivity contribution in [2.24, 2.45) is 5.73 Å². The average Bonchev–Trinajstić information content (AvgIpc) is 3.01. The predicted molar refractivity (Wildman–Crippen MR) is 52.3 cm³/mol. The molecule has 1 aliphatic rings. The zero-order valence-electron chi connectivity index (χ0n) is 7.68. The van der Waals surface area contributed by atoms with Gasteiger partial charge in [-0.15, -0.1) is 0 Å². The van der Waals surface area contributed by atoms with Gasteiger partial charge in [-0.05, 0) is 25.0 Å². The van der Waals surface area contributed by atoms with Gasteiger partial charge in [0.25, 0.3) is 0 Å². The Balaban J connectivity index is 2.33. The number of nitrogens with two attached hydrogens (primary N) is 1. The molecule has 0 radical (unpaired) electrons. The quantitative estimate of drug-likeness (QED) is 0.790. The smallest absolute Gasteiger partial charge is 0.182 e. The fourth-order valence-corrected chi connectivity index (χ4v) is 2.87. The van der Waals surface area contributed by atoms with Crippen LogP contribution in [0.4, 0.5) is 0 Å². The minimum absolute atomic E-state index is 0.173. The van der Waals surface area contributed by atoms with Gasteiger partial charge in [0.05, 0.1) is 15.8 Å². The lowest BCUT2D eigenvalue weighted by Gasteiger charge is -2.02. The van der Waals surface area contributed by atoms with E-state index in [0.717, 1.165) is 12.8 Å². The van der Waals surface area contributed by atoms with E-state index in [4.69, 9.17) is 5.73 Å². The van der Waals surface area contributed by atoms with Crippen molar-refractivity contribution in [1.29, 1.82) is 0 Å². The third kappa shape index (κ3) is 1.65. The van der Waals surface area contributed by atoms with E-state index in [1.165, 1.54) is 6.20 Å². The van der Waals surface area contributed by atoms with Gasteiger partial charge in [-0.25, -0.2) is 8.42 Å². The molecule has 2 rings (SSSR count).